The Kier molecular flexibility index (Phi) is 6.37. The fourth-order valence-electron chi connectivity index (χ4n) is 2.59. The summed E-state index contributed by atoms with van der Waals surface area (Å²) in [5.74, 6) is 5.64. The maximum atomic E-state index is 12.8. The number of unbranched alkanes of at least 4 members (excludes halogenated alkanes) is 2. The lowest BCUT2D eigenvalue weighted by Crippen LogP contribution is -2.46. The van der Waals surface area contributed by atoms with E-state index in [1.54, 1.807) is 13.0 Å². The highest BCUT2D eigenvalue weighted by molar-refractivity contribution is 5.93. The second-order valence-electron chi connectivity index (χ2n) is 5.86. The van der Waals surface area contributed by atoms with Crippen molar-refractivity contribution in [1.29, 1.82) is 0 Å². The number of aryl methyl sites for hydroxylation is 1. The van der Waals surface area contributed by atoms with Crippen LogP contribution in [0.1, 0.15) is 38.3 Å². The first-order valence-corrected chi connectivity index (χ1v) is 8.14. The van der Waals surface area contributed by atoms with Gasteiger partial charge in [-0.2, -0.15) is 14.6 Å². The molecule has 2 aromatic rings. The Bertz CT molecular complexity index is 733. The molecule has 0 unspecified atom stereocenters. The molecule has 2 rings (SSSR count). The second kappa shape index (κ2) is 8.49. The Morgan fingerprint density at radius 1 is 1.48 bits per heavy atom. The maximum absolute atomic E-state index is 12.8. The van der Waals surface area contributed by atoms with Crippen molar-refractivity contribution in [3.8, 4) is 0 Å². The summed E-state index contributed by atoms with van der Waals surface area (Å²) in [6, 6.07) is 1.62. The molecule has 0 aromatic carbocycles. The van der Waals surface area contributed by atoms with Crippen LogP contribution in [0.15, 0.2) is 12.4 Å². The molecular weight excluding hydrogens is 326 g/mol. The number of anilines is 1. The number of hydroxylamine groups is 2. The Morgan fingerprint density at radius 2 is 2.24 bits per heavy atom. The van der Waals surface area contributed by atoms with Crippen LogP contribution in [-0.2, 0) is 9.59 Å². The van der Waals surface area contributed by atoms with Crippen LogP contribution in [-0.4, -0.2) is 48.7 Å². The number of hydrogen-bond donors (Lipinski definition) is 2. The summed E-state index contributed by atoms with van der Waals surface area (Å²) in [4.78, 5) is 31.7. The van der Waals surface area contributed by atoms with Gasteiger partial charge in [0.05, 0.1) is 12.5 Å². The minimum Gasteiger partial charge on any atom is -0.286 e. The van der Waals surface area contributed by atoms with Crippen molar-refractivity contribution in [2.75, 3.05) is 11.6 Å². The average molecular weight is 349 g/mol. The van der Waals surface area contributed by atoms with Gasteiger partial charge in [-0.3, -0.25) is 14.8 Å². The molecule has 3 N–H and O–H groups in total. The van der Waals surface area contributed by atoms with Crippen LogP contribution in [0.25, 0.3) is 5.78 Å². The van der Waals surface area contributed by atoms with Crippen LogP contribution in [0.2, 0.25) is 0 Å². The number of rotatable bonds is 9. The topological polar surface area (TPSA) is 130 Å². The van der Waals surface area contributed by atoms with Gasteiger partial charge in [0.25, 0.3) is 5.78 Å². The van der Waals surface area contributed by atoms with Crippen molar-refractivity contribution in [3.05, 3.63) is 18.1 Å². The van der Waals surface area contributed by atoms with Crippen LogP contribution >= 0.6 is 0 Å². The van der Waals surface area contributed by atoms with Gasteiger partial charge < -0.3 is 0 Å². The molecular formula is C15H23N7O3. The van der Waals surface area contributed by atoms with Gasteiger partial charge >= 0.3 is 0 Å². The Hall–Kier alpha value is -2.59. The van der Waals surface area contributed by atoms with E-state index in [0.717, 1.165) is 24.3 Å². The van der Waals surface area contributed by atoms with Gasteiger partial charge in [0.1, 0.15) is 6.33 Å². The number of aromatic nitrogens is 4. The summed E-state index contributed by atoms with van der Waals surface area (Å²) in [5.41, 5.74) is 0.637. The van der Waals surface area contributed by atoms with Gasteiger partial charge in [-0.15, -0.1) is 0 Å². The van der Waals surface area contributed by atoms with Crippen molar-refractivity contribution >= 4 is 23.9 Å². The second-order valence-corrected chi connectivity index (χ2v) is 5.86. The average Bonchev–Trinajstić information content (AvgIpc) is 3.07. The summed E-state index contributed by atoms with van der Waals surface area (Å²) in [5, 5.41) is 15.0. The fraction of sp³-hybridized carbons (Fsp3) is 0.533. The van der Waals surface area contributed by atoms with Crippen LogP contribution in [0, 0.1) is 12.8 Å². The normalized spacial score (nSPS) is 12.2. The van der Waals surface area contributed by atoms with Crippen molar-refractivity contribution < 1.29 is 14.8 Å². The fourth-order valence-corrected chi connectivity index (χ4v) is 2.59. The summed E-state index contributed by atoms with van der Waals surface area (Å²) in [6.07, 6.45) is 4.84. The third-order valence-electron chi connectivity index (χ3n) is 3.88. The molecule has 10 nitrogen and oxygen atoms in total. The third-order valence-corrected chi connectivity index (χ3v) is 3.88. The van der Waals surface area contributed by atoms with E-state index in [9.17, 15) is 14.8 Å². The minimum atomic E-state index is -0.626. The largest absolute Gasteiger partial charge is 0.286 e. The molecule has 136 valence electrons. The number of hydrogen-bond acceptors (Lipinski definition) is 7. The zero-order valence-electron chi connectivity index (χ0n) is 14.4. The van der Waals surface area contributed by atoms with E-state index in [1.807, 2.05) is 0 Å². The van der Waals surface area contributed by atoms with Crippen molar-refractivity contribution in [2.45, 2.75) is 39.5 Å². The molecule has 0 aliphatic carbocycles. The van der Waals surface area contributed by atoms with Crippen molar-refractivity contribution in [2.24, 2.45) is 11.8 Å². The van der Waals surface area contributed by atoms with E-state index in [2.05, 4.69) is 22.0 Å². The number of hydrazine groups is 1. The Labute approximate surface area is 145 Å². The van der Waals surface area contributed by atoms with Crippen molar-refractivity contribution in [1.82, 2.24) is 24.6 Å². The van der Waals surface area contributed by atoms with Crippen LogP contribution in [0.4, 0.5) is 5.82 Å². The highest BCUT2D eigenvalue weighted by Crippen LogP contribution is 2.19. The number of carbonyl (C=O) groups excluding carboxylic acids is 2. The lowest BCUT2D eigenvalue weighted by Gasteiger charge is -2.25. The van der Waals surface area contributed by atoms with E-state index in [0.29, 0.717) is 28.8 Å². The Morgan fingerprint density at radius 3 is 2.92 bits per heavy atom. The molecule has 0 fully saturated rings. The predicted molar refractivity (Wildman–Crippen MR) is 89.4 cm³/mol. The van der Waals surface area contributed by atoms with Gasteiger partial charge in [0, 0.05) is 11.8 Å². The van der Waals surface area contributed by atoms with E-state index in [-0.39, 0.29) is 13.0 Å². The summed E-state index contributed by atoms with van der Waals surface area (Å²) in [6.45, 7) is 3.69. The molecule has 0 radical (unpaired) electrons. The molecule has 2 aromatic heterocycles. The molecule has 0 saturated carbocycles. The quantitative estimate of drug-likeness (QED) is 0.170. The molecule has 0 aliphatic rings. The van der Waals surface area contributed by atoms with Gasteiger partial charge in [0.15, 0.2) is 5.82 Å². The smallest absolute Gasteiger partial charge is 0.254 e. The van der Waals surface area contributed by atoms with Crippen LogP contribution < -0.4 is 10.9 Å². The molecule has 0 aliphatic heterocycles. The number of nitrogens with two attached hydrogens (primary N) is 1. The summed E-state index contributed by atoms with van der Waals surface area (Å²) in [7, 11) is 0. The molecule has 25 heavy (non-hydrogen) atoms. The lowest BCUT2D eigenvalue weighted by molar-refractivity contribution is -0.154. The molecule has 0 spiro atoms. The monoisotopic (exact) mass is 349 g/mol. The molecule has 1 atom stereocenters. The zero-order valence-corrected chi connectivity index (χ0v) is 14.4. The van der Waals surface area contributed by atoms with E-state index >= 15 is 0 Å². The molecule has 2 heterocycles. The van der Waals surface area contributed by atoms with Gasteiger partial charge in [-0.25, -0.2) is 20.9 Å². The zero-order chi connectivity index (χ0) is 18.4. The Balaban J connectivity index is 2.26. The number of nitrogens with zero attached hydrogens (tertiary/aromatic N) is 6. The van der Waals surface area contributed by atoms with Gasteiger partial charge in [-0.1, -0.05) is 26.2 Å². The number of carbonyl (C=O) groups is 2. The molecule has 0 bridgehead atoms. The number of fused-ring (bicyclic) bond motifs is 1. The predicted octanol–water partition coefficient (Wildman–Crippen LogP) is 0.684. The summed E-state index contributed by atoms with van der Waals surface area (Å²) >= 11 is 0. The standard InChI is InChI=1S/C15H23N7O3/c1-3-4-5-6-12(8-20(25)10-23)14(24)21(16)13-7-11(2)19-15-17-9-18-22(13)15/h7,9-10,12,25H,3-6,8,16H2,1-2H3/t12-/m1/s1. The molecule has 10 heteroatoms. The number of amides is 2. The highest BCUT2D eigenvalue weighted by atomic mass is 16.5. The first kappa shape index (κ1) is 18.7. The van der Waals surface area contributed by atoms with Crippen molar-refractivity contribution in [3.63, 3.8) is 0 Å². The lowest BCUT2D eigenvalue weighted by atomic mass is 10.00. The third kappa shape index (κ3) is 4.48. The molecule has 0 saturated heterocycles. The van der Waals surface area contributed by atoms with Gasteiger partial charge in [0.2, 0.25) is 12.3 Å². The van der Waals surface area contributed by atoms with Gasteiger partial charge in [-0.05, 0) is 13.3 Å². The maximum Gasteiger partial charge on any atom is 0.254 e. The van der Waals surface area contributed by atoms with E-state index in [4.69, 9.17) is 5.84 Å². The van der Waals surface area contributed by atoms with E-state index in [1.165, 1.54) is 10.8 Å². The highest BCUT2D eigenvalue weighted by Gasteiger charge is 2.27. The first-order chi connectivity index (χ1) is 12.0. The van der Waals surface area contributed by atoms with Crippen LogP contribution in [0.3, 0.4) is 0 Å². The minimum absolute atomic E-state index is 0.121. The molecule has 2 amide bonds. The summed E-state index contributed by atoms with van der Waals surface area (Å²) < 4.78 is 1.37. The first-order valence-electron chi connectivity index (χ1n) is 8.14. The van der Waals surface area contributed by atoms with E-state index < -0.39 is 11.8 Å². The van der Waals surface area contributed by atoms with Crippen LogP contribution in [0.5, 0.6) is 0 Å². The SMILES string of the molecule is CCCCC[C@H](CN(O)C=O)C(=O)N(N)c1cc(C)nc2ncnn12.